The zero-order valence-corrected chi connectivity index (χ0v) is 12.3. The molecule has 8 heteroatoms. The number of carbonyl (C=O) groups is 2. The van der Waals surface area contributed by atoms with Gasteiger partial charge in [-0.05, 0) is 19.1 Å². The van der Waals surface area contributed by atoms with E-state index >= 15 is 0 Å². The van der Waals surface area contributed by atoms with Gasteiger partial charge in [-0.1, -0.05) is 17.4 Å². The SMILES string of the molecule is CCOC(=O)c1nnc(C(=O)Nc2cccc(OC)c2)s1. The first-order chi connectivity index (χ1) is 10.1. The molecule has 0 atom stereocenters. The van der Waals surface area contributed by atoms with E-state index in [1.54, 1.807) is 31.2 Å². The van der Waals surface area contributed by atoms with Gasteiger partial charge in [-0.2, -0.15) is 0 Å². The second-order valence-corrected chi connectivity index (χ2v) is 4.80. The molecule has 0 bridgehead atoms. The zero-order valence-electron chi connectivity index (χ0n) is 11.5. The van der Waals surface area contributed by atoms with Crippen molar-refractivity contribution in [2.24, 2.45) is 0 Å². The van der Waals surface area contributed by atoms with E-state index in [0.29, 0.717) is 11.4 Å². The van der Waals surface area contributed by atoms with Crippen molar-refractivity contribution in [3.63, 3.8) is 0 Å². The third kappa shape index (κ3) is 3.76. The standard InChI is InChI=1S/C13H13N3O4S/c1-3-20-13(18)12-16-15-11(21-12)10(17)14-8-5-4-6-9(7-8)19-2/h4-7H,3H2,1-2H3,(H,14,17). The number of ether oxygens (including phenoxy) is 2. The number of rotatable bonds is 5. The number of methoxy groups -OCH3 is 1. The monoisotopic (exact) mass is 307 g/mol. The summed E-state index contributed by atoms with van der Waals surface area (Å²) in [6.07, 6.45) is 0. The minimum Gasteiger partial charge on any atom is -0.497 e. The Morgan fingerprint density at radius 1 is 1.29 bits per heavy atom. The molecule has 0 saturated heterocycles. The molecule has 2 aromatic rings. The number of aromatic nitrogens is 2. The Balaban J connectivity index is 2.08. The predicted molar refractivity (Wildman–Crippen MR) is 76.8 cm³/mol. The highest BCUT2D eigenvalue weighted by atomic mass is 32.1. The molecule has 1 N–H and O–H groups in total. The number of hydrogen-bond donors (Lipinski definition) is 1. The summed E-state index contributed by atoms with van der Waals surface area (Å²) >= 11 is 0.878. The first-order valence-electron chi connectivity index (χ1n) is 6.10. The molecular formula is C13H13N3O4S. The van der Waals surface area contributed by atoms with Crippen molar-refractivity contribution in [2.75, 3.05) is 19.0 Å². The maximum atomic E-state index is 12.0. The Bertz CT molecular complexity index is 656. The van der Waals surface area contributed by atoms with Crippen LogP contribution >= 0.6 is 11.3 Å². The van der Waals surface area contributed by atoms with Gasteiger partial charge in [0, 0.05) is 11.8 Å². The summed E-state index contributed by atoms with van der Waals surface area (Å²) in [7, 11) is 1.54. The summed E-state index contributed by atoms with van der Waals surface area (Å²) in [6, 6.07) is 6.90. The van der Waals surface area contributed by atoms with E-state index in [2.05, 4.69) is 15.5 Å². The molecule has 0 aliphatic heterocycles. The lowest BCUT2D eigenvalue weighted by Crippen LogP contribution is -2.11. The van der Waals surface area contributed by atoms with Gasteiger partial charge < -0.3 is 14.8 Å². The highest BCUT2D eigenvalue weighted by Crippen LogP contribution is 2.18. The number of benzene rings is 1. The van der Waals surface area contributed by atoms with Crippen LogP contribution in [0.15, 0.2) is 24.3 Å². The lowest BCUT2D eigenvalue weighted by atomic mass is 10.3. The number of anilines is 1. The van der Waals surface area contributed by atoms with E-state index in [1.807, 2.05) is 0 Å². The number of amides is 1. The molecule has 7 nitrogen and oxygen atoms in total. The van der Waals surface area contributed by atoms with Gasteiger partial charge in [-0.25, -0.2) is 4.79 Å². The number of nitrogens with zero attached hydrogens (tertiary/aromatic N) is 2. The average Bonchev–Trinajstić information content (AvgIpc) is 2.98. The zero-order chi connectivity index (χ0) is 15.2. The van der Waals surface area contributed by atoms with Crippen molar-refractivity contribution in [2.45, 2.75) is 6.92 Å². The molecule has 21 heavy (non-hydrogen) atoms. The van der Waals surface area contributed by atoms with Crippen LogP contribution in [0, 0.1) is 0 Å². The molecule has 1 aromatic carbocycles. The summed E-state index contributed by atoms with van der Waals surface area (Å²) in [4.78, 5) is 23.5. The summed E-state index contributed by atoms with van der Waals surface area (Å²) < 4.78 is 9.86. The Labute approximate surface area is 124 Å². The van der Waals surface area contributed by atoms with E-state index in [0.717, 1.165) is 11.3 Å². The maximum absolute atomic E-state index is 12.0. The fourth-order valence-corrected chi connectivity index (χ4v) is 2.11. The smallest absolute Gasteiger partial charge is 0.369 e. The molecule has 1 amide bonds. The lowest BCUT2D eigenvalue weighted by molar-refractivity contribution is 0.0525. The molecule has 0 aliphatic rings. The van der Waals surface area contributed by atoms with E-state index in [1.165, 1.54) is 7.11 Å². The summed E-state index contributed by atoms with van der Waals surface area (Å²) in [5.41, 5.74) is 0.562. The molecule has 0 spiro atoms. The molecular weight excluding hydrogens is 294 g/mol. The van der Waals surface area contributed by atoms with Gasteiger partial charge in [0.25, 0.3) is 5.91 Å². The first-order valence-corrected chi connectivity index (χ1v) is 6.91. The van der Waals surface area contributed by atoms with Crippen LogP contribution in [0.25, 0.3) is 0 Å². The van der Waals surface area contributed by atoms with E-state index in [-0.39, 0.29) is 16.6 Å². The van der Waals surface area contributed by atoms with Crippen molar-refractivity contribution in [1.82, 2.24) is 10.2 Å². The van der Waals surface area contributed by atoms with Crippen molar-refractivity contribution in [3.05, 3.63) is 34.3 Å². The predicted octanol–water partition coefficient (Wildman–Crippen LogP) is 1.98. The molecule has 0 saturated carbocycles. The number of hydrogen-bond acceptors (Lipinski definition) is 7. The Hall–Kier alpha value is -2.48. The minimum absolute atomic E-state index is 0.0487. The van der Waals surface area contributed by atoms with Crippen molar-refractivity contribution >= 4 is 28.9 Å². The third-order valence-electron chi connectivity index (χ3n) is 2.40. The van der Waals surface area contributed by atoms with Crippen LogP contribution < -0.4 is 10.1 Å². The van der Waals surface area contributed by atoms with Crippen LogP contribution in [0.3, 0.4) is 0 Å². The number of nitrogens with one attached hydrogen (secondary N) is 1. The van der Waals surface area contributed by atoms with Crippen molar-refractivity contribution < 1.29 is 19.1 Å². The normalized spacial score (nSPS) is 10.0. The maximum Gasteiger partial charge on any atom is 0.369 e. The average molecular weight is 307 g/mol. The molecule has 0 radical (unpaired) electrons. The fourth-order valence-electron chi connectivity index (χ4n) is 1.48. The molecule has 110 valence electrons. The minimum atomic E-state index is -0.588. The second kappa shape index (κ2) is 6.80. The van der Waals surface area contributed by atoms with Gasteiger partial charge in [-0.3, -0.25) is 4.79 Å². The van der Waals surface area contributed by atoms with Gasteiger partial charge in [0.05, 0.1) is 13.7 Å². The topological polar surface area (TPSA) is 90.4 Å². The van der Waals surface area contributed by atoms with Crippen LogP contribution in [0.2, 0.25) is 0 Å². The molecule has 0 aliphatic carbocycles. The highest BCUT2D eigenvalue weighted by molar-refractivity contribution is 7.15. The lowest BCUT2D eigenvalue weighted by Gasteiger charge is -2.04. The summed E-state index contributed by atoms with van der Waals surface area (Å²) in [6.45, 7) is 1.93. The third-order valence-corrected chi connectivity index (χ3v) is 3.30. The molecule has 0 unspecified atom stereocenters. The number of esters is 1. The second-order valence-electron chi connectivity index (χ2n) is 3.82. The van der Waals surface area contributed by atoms with Gasteiger partial charge in [-0.15, -0.1) is 10.2 Å². The Morgan fingerprint density at radius 3 is 2.76 bits per heavy atom. The van der Waals surface area contributed by atoms with Crippen LogP contribution in [-0.2, 0) is 4.74 Å². The Morgan fingerprint density at radius 2 is 2.05 bits per heavy atom. The fraction of sp³-hybridized carbons (Fsp3) is 0.231. The van der Waals surface area contributed by atoms with Crippen LogP contribution in [0.5, 0.6) is 5.75 Å². The van der Waals surface area contributed by atoms with E-state index in [4.69, 9.17) is 9.47 Å². The van der Waals surface area contributed by atoms with Gasteiger partial charge in [0.15, 0.2) is 0 Å². The quantitative estimate of drug-likeness (QED) is 0.849. The van der Waals surface area contributed by atoms with Crippen LogP contribution in [0.1, 0.15) is 26.5 Å². The van der Waals surface area contributed by atoms with Gasteiger partial charge >= 0.3 is 5.97 Å². The highest BCUT2D eigenvalue weighted by Gasteiger charge is 2.18. The molecule has 1 aromatic heterocycles. The van der Waals surface area contributed by atoms with Crippen molar-refractivity contribution in [1.29, 1.82) is 0 Å². The first kappa shape index (κ1) is 14.9. The molecule has 1 heterocycles. The summed E-state index contributed by atoms with van der Waals surface area (Å²) in [5, 5.41) is 10.1. The van der Waals surface area contributed by atoms with E-state index < -0.39 is 11.9 Å². The molecule has 2 rings (SSSR count). The van der Waals surface area contributed by atoms with Gasteiger partial charge in [0.1, 0.15) is 5.75 Å². The van der Waals surface area contributed by atoms with E-state index in [9.17, 15) is 9.59 Å². The van der Waals surface area contributed by atoms with Crippen LogP contribution in [-0.4, -0.2) is 35.8 Å². The summed E-state index contributed by atoms with van der Waals surface area (Å²) in [5.74, 6) is -0.413. The van der Waals surface area contributed by atoms with Gasteiger partial charge in [0.2, 0.25) is 10.0 Å². The Kier molecular flexibility index (Phi) is 4.83. The van der Waals surface area contributed by atoms with Crippen LogP contribution in [0.4, 0.5) is 5.69 Å². The number of carbonyl (C=O) groups excluding carboxylic acids is 2. The molecule has 0 fully saturated rings. The largest absolute Gasteiger partial charge is 0.497 e. The van der Waals surface area contributed by atoms with Crippen molar-refractivity contribution in [3.8, 4) is 5.75 Å².